The second-order valence-corrected chi connectivity index (χ2v) is 6.44. The molecule has 0 heterocycles. The topological polar surface area (TPSA) is 21.3 Å². The molecule has 2 nitrogen and oxygen atoms in total. The second-order valence-electron chi connectivity index (χ2n) is 4.73. The van der Waals surface area contributed by atoms with Gasteiger partial charge in [0.25, 0.3) is 0 Å². The molecule has 1 N–H and O–H groups in total. The van der Waals surface area contributed by atoms with E-state index in [1.807, 2.05) is 6.92 Å². The fraction of sp³-hybridized carbons (Fsp3) is 0.571. The first kappa shape index (κ1) is 14.4. The summed E-state index contributed by atoms with van der Waals surface area (Å²) < 4.78 is 7.60. The number of halogens is 2. The van der Waals surface area contributed by atoms with E-state index in [1.54, 1.807) is 0 Å². The van der Waals surface area contributed by atoms with Gasteiger partial charge in [-0.25, -0.2) is 0 Å². The Bertz CT molecular complexity index is 382. The molecule has 0 unspecified atom stereocenters. The highest BCUT2D eigenvalue weighted by Crippen LogP contribution is 2.35. The van der Waals surface area contributed by atoms with Crippen molar-refractivity contribution in [2.24, 2.45) is 5.92 Å². The Morgan fingerprint density at radius 2 is 1.94 bits per heavy atom. The van der Waals surface area contributed by atoms with Gasteiger partial charge in [-0.15, -0.1) is 0 Å². The molecule has 0 amide bonds. The van der Waals surface area contributed by atoms with Gasteiger partial charge in [-0.05, 0) is 75.4 Å². The minimum absolute atomic E-state index is 0.677. The van der Waals surface area contributed by atoms with Crippen LogP contribution in [0.2, 0.25) is 0 Å². The maximum absolute atomic E-state index is 5.57. The summed E-state index contributed by atoms with van der Waals surface area (Å²) in [6, 6.07) is 4.25. The van der Waals surface area contributed by atoms with Crippen molar-refractivity contribution in [2.45, 2.75) is 32.7 Å². The quantitative estimate of drug-likeness (QED) is 0.707. The third kappa shape index (κ3) is 4.25. The van der Waals surface area contributed by atoms with Crippen LogP contribution < -0.4 is 10.1 Å². The first-order valence-electron chi connectivity index (χ1n) is 6.52. The van der Waals surface area contributed by atoms with E-state index in [9.17, 15) is 0 Å². The van der Waals surface area contributed by atoms with Gasteiger partial charge in [0.05, 0.1) is 15.6 Å². The predicted octanol–water partition coefficient (Wildman–Crippen LogP) is 4.50. The normalized spacial score (nSPS) is 14.8. The number of benzene rings is 1. The van der Waals surface area contributed by atoms with E-state index >= 15 is 0 Å². The van der Waals surface area contributed by atoms with Gasteiger partial charge in [0.1, 0.15) is 5.75 Å². The van der Waals surface area contributed by atoms with Crippen molar-refractivity contribution >= 4 is 31.9 Å². The minimum Gasteiger partial charge on any atom is -0.492 e. The van der Waals surface area contributed by atoms with Crippen molar-refractivity contribution in [2.75, 3.05) is 13.2 Å². The van der Waals surface area contributed by atoms with Gasteiger partial charge in [-0.1, -0.05) is 12.8 Å². The van der Waals surface area contributed by atoms with Crippen LogP contribution in [-0.4, -0.2) is 13.2 Å². The monoisotopic (exact) mass is 375 g/mol. The Balaban J connectivity index is 1.87. The van der Waals surface area contributed by atoms with Gasteiger partial charge in [0, 0.05) is 6.54 Å². The molecular weight excluding hydrogens is 358 g/mol. The van der Waals surface area contributed by atoms with Crippen molar-refractivity contribution in [3.63, 3.8) is 0 Å². The molecule has 1 aromatic carbocycles. The molecule has 0 spiro atoms. The van der Waals surface area contributed by atoms with Crippen molar-refractivity contribution in [1.82, 2.24) is 5.32 Å². The summed E-state index contributed by atoms with van der Waals surface area (Å²) in [7, 11) is 0. The van der Waals surface area contributed by atoms with E-state index < -0.39 is 0 Å². The van der Waals surface area contributed by atoms with Crippen molar-refractivity contribution in [1.29, 1.82) is 0 Å². The summed E-state index contributed by atoms with van der Waals surface area (Å²) in [5, 5.41) is 3.50. The van der Waals surface area contributed by atoms with Crippen LogP contribution in [0, 0.1) is 5.92 Å². The Morgan fingerprint density at radius 3 is 2.50 bits per heavy atom. The van der Waals surface area contributed by atoms with Crippen molar-refractivity contribution in [3.8, 4) is 5.75 Å². The fourth-order valence-corrected chi connectivity index (χ4v) is 3.45. The molecular formula is C14H19Br2NO. The highest BCUT2D eigenvalue weighted by Gasteiger charge is 2.19. The molecule has 1 fully saturated rings. The van der Waals surface area contributed by atoms with Crippen LogP contribution >= 0.6 is 31.9 Å². The molecule has 1 aliphatic rings. The molecule has 0 radical (unpaired) electrons. The Hall–Kier alpha value is -0.0600. The average molecular weight is 377 g/mol. The Morgan fingerprint density at radius 1 is 1.28 bits per heavy atom. The summed E-state index contributed by atoms with van der Waals surface area (Å²) in [6.45, 7) is 4.70. The molecule has 18 heavy (non-hydrogen) atoms. The van der Waals surface area contributed by atoms with Gasteiger partial charge in [-0.3, -0.25) is 0 Å². The molecule has 4 heteroatoms. The van der Waals surface area contributed by atoms with Crippen LogP contribution in [0.5, 0.6) is 5.75 Å². The van der Waals surface area contributed by atoms with Crippen LogP contribution in [0.3, 0.4) is 0 Å². The molecule has 2 rings (SSSR count). The van der Waals surface area contributed by atoms with Crippen molar-refractivity contribution < 1.29 is 4.74 Å². The molecule has 0 aliphatic heterocycles. The molecule has 1 aliphatic carbocycles. The van der Waals surface area contributed by atoms with Gasteiger partial charge in [0.15, 0.2) is 0 Å². The highest BCUT2D eigenvalue weighted by atomic mass is 79.9. The molecule has 0 bridgehead atoms. The minimum atomic E-state index is 0.677. The van der Waals surface area contributed by atoms with E-state index in [1.165, 1.54) is 24.8 Å². The maximum atomic E-state index is 5.57. The number of ether oxygens (including phenoxy) is 1. The number of hydrogen-bond donors (Lipinski definition) is 1. The summed E-state index contributed by atoms with van der Waals surface area (Å²) >= 11 is 7.12. The SMILES string of the molecule is CCOc1c(Br)cc(CNCCC2CC2)cc1Br. The van der Waals surface area contributed by atoms with Gasteiger partial charge < -0.3 is 10.1 Å². The zero-order valence-electron chi connectivity index (χ0n) is 10.6. The fourth-order valence-electron chi connectivity index (χ4n) is 1.94. The van der Waals surface area contributed by atoms with E-state index in [2.05, 4.69) is 49.3 Å². The van der Waals surface area contributed by atoms with Crippen LogP contribution in [0.15, 0.2) is 21.1 Å². The molecule has 0 saturated heterocycles. The zero-order valence-corrected chi connectivity index (χ0v) is 13.8. The van der Waals surface area contributed by atoms with Gasteiger partial charge in [0.2, 0.25) is 0 Å². The molecule has 1 saturated carbocycles. The first-order valence-corrected chi connectivity index (χ1v) is 8.10. The van der Waals surface area contributed by atoms with E-state index in [4.69, 9.17) is 4.74 Å². The molecule has 100 valence electrons. The smallest absolute Gasteiger partial charge is 0.147 e. The highest BCUT2D eigenvalue weighted by molar-refractivity contribution is 9.11. The number of nitrogens with one attached hydrogen (secondary N) is 1. The summed E-state index contributed by atoms with van der Waals surface area (Å²) in [4.78, 5) is 0. The molecule has 0 aromatic heterocycles. The molecule has 1 aromatic rings. The zero-order chi connectivity index (χ0) is 13.0. The predicted molar refractivity (Wildman–Crippen MR) is 82.1 cm³/mol. The lowest BCUT2D eigenvalue weighted by Crippen LogP contribution is -2.15. The van der Waals surface area contributed by atoms with Crippen molar-refractivity contribution in [3.05, 3.63) is 26.6 Å². The van der Waals surface area contributed by atoms with Crippen LogP contribution in [0.4, 0.5) is 0 Å². The lowest BCUT2D eigenvalue weighted by atomic mass is 10.2. The summed E-state index contributed by atoms with van der Waals surface area (Å²) in [5.41, 5.74) is 1.27. The van der Waals surface area contributed by atoms with Crippen LogP contribution in [0.25, 0.3) is 0 Å². The van der Waals surface area contributed by atoms with E-state index in [-0.39, 0.29) is 0 Å². The van der Waals surface area contributed by atoms with Crippen LogP contribution in [-0.2, 0) is 6.54 Å². The lowest BCUT2D eigenvalue weighted by molar-refractivity contribution is 0.336. The van der Waals surface area contributed by atoms with Gasteiger partial charge in [-0.2, -0.15) is 0 Å². The standard InChI is InChI=1S/C14H19Br2NO/c1-2-18-14-12(15)7-11(8-13(14)16)9-17-6-5-10-3-4-10/h7-8,10,17H,2-6,9H2,1H3. The third-order valence-corrected chi connectivity index (χ3v) is 4.28. The summed E-state index contributed by atoms with van der Waals surface area (Å²) in [5.74, 6) is 1.88. The van der Waals surface area contributed by atoms with E-state index in [0.717, 1.165) is 33.7 Å². The Labute approximate surface area is 126 Å². The number of hydrogen-bond acceptors (Lipinski definition) is 2. The average Bonchev–Trinajstić information content (AvgIpc) is 3.13. The lowest BCUT2D eigenvalue weighted by Gasteiger charge is -2.11. The maximum Gasteiger partial charge on any atom is 0.147 e. The van der Waals surface area contributed by atoms with E-state index in [0.29, 0.717) is 6.61 Å². The Kier molecular flexibility index (Phi) is 5.52. The van der Waals surface area contributed by atoms with Gasteiger partial charge >= 0.3 is 0 Å². The first-order chi connectivity index (χ1) is 8.70. The molecule has 0 atom stereocenters. The number of rotatable bonds is 7. The largest absolute Gasteiger partial charge is 0.492 e. The summed E-state index contributed by atoms with van der Waals surface area (Å²) in [6.07, 6.45) is 4.18. The second kappa shape index (κ2) is 6.92. The third-order valence-electron chi connectivity index (χ3n) is 3.10. The van der Waals surface area contributed by atoms with Crippen LogP contribution in [0.1, 0.15) is 31.7 Å².